The Balaban J connectivity index is 1.98. The van der Waals surface area contributed by atoms with Crippen LogP contribution in [0, 0.1) is 0 Å². The second-order valence-corrected chi connectivity index (χ2v) is 6.25. The van der Waals surface area contributed by atoms with Crippen LogP contribution in [0.3, 0.4) is 0 Å². The van der Waals surface area contributed by atoms with Gasteiger partial charge in [0.2, 0.25) is 5.89 Å². The number of methoxy groups -OCH3 is 1. The molecule has 0 aliphatic heterocycles. The fourth-order valence-corrected chi connectivity index (χ4v) is 2.95. The van der Waals surface area contributed by atoms with Gasteiger partial charge in [-0.15, -0.1) is 5.10 Å². The zero-order chi connectivity index (χ0) is 17.3. The Morgan fingerprint density at radius 1 is 1.08 bits per heavy atom. The molecule has 2 aromatic carbocycles. The average molecular weight is 386 g/mol. The van der Waals surface area contributed by atoms with Crippen molar-refractivity contribution in [3.8, 4) is 17.2 Å². The fourth-order valence-electron chi connectivity index (χ4n) is 2.23. The first kappa shape index (κ1) is 16.9. The highest BCUT2D eigenvalue weighted by atomic mass is 35.5. The topological polar surface area (TPSA) is 57.3 Å². The van der Waals surface area contributed by atoms with E-state index < -0.39 is 5.76 Å². The van der Waals surface area contributed by atoms with Crippen molar-refractivity contribution in [2.24, 2.45) is 0 Å². The molecule has 0 spiro atoms. The lowest BCUT2D eigenvalue weighted by atomic mass is 10.2. The van der Waals surface area contributed by atoms with Crippen molar-refractivity contribution in [3.63, 3.8) is 0 Å². The molecule has 0 bridgehead atoms. The van der Waals surface area contributed by atoms with Crippen LogP contribution in [-0.4, -0.2) is 16.9 Å². The Bertz CT molecular complexity index is 930. The molecule has 0 atom stereocenters. The molecule has 0 aliphatic carbocycles. The van der Waals surface area contributed by atoms with Crippen molar-refractivity contribution in [2.45, 2.75) is 6.54 Å². The Hall–Kier alpha value is -1.95. The molecule has 24 heavy (non-hydrogen) atoms. The summed E-state index contributed by atoms with van der Waals surface area (Å²) in [7, 11) is 1.54. The van der Waals surface area contributed by atoms with E-state index in [0.29, 0.717) is 31.9 Å². The number of hydrogen-bond acceptors (Lipinski definition) is 4. The summed E-state index contributed by atoms with van der Waals surface area (Å²) in [6.07, 6.45) is 0. The summed E-state index contributed by atoms with van der Waals surface area (Å²) in [5.74, 6) is 0.121. The van der Waals surface area contributed by atoms with Gasteiger partial charge in [-0.3, -0.25) is 0 Å². The van der Waals surface area contributed by atoms with Crippen LogP contribution in [0.15, 0.2) is 45.6 Å². The summed E-state index contributed by atoms with van der Waals surface area (Å²) in [5.41, 5.74) is 1.22. The summed E-state index contributed by atoms with van der Waals surface area (Å²) in [4.78, 5) is 12.1. The minimum Gasteiger partial charge on any atom is -0.496 e. The second kappa shape index (κ2) is 6.89. The van der Waals surface area contributed by atoms with Gasteiger partial charge >= 0.3 is 5.76 Å². The highest BCUT2D eigenvalue weighted by Gasteiger charge is 2.14. The second-order valence-electron chi connectivity index (χ2n) is 4.95. The minimum absolute atomic E-state index is 0.130. The van der Waals surface area contributed by atoms with Gasteiger partial charge in [0, 0.05) is 26.2 Å². The highest BCUT2D eigenvalue weighted by Crippen LogP contribution is 2.26. The first-order valence-corrected chi connectivity index (χ1v) is 7.96. The predicted octanol–water partition coefficient (Wildman–Crippen LogP) is 4.52. The van der Waals surface area contributed by atoms with E-state index in [2.05, 4.69) is 5.10 Å². The molecule has 1 heterocycles. The fraction of sp³-hybridized carbons (Fsp3) is 0.125. The SMILES string of the molecule is COc1ccc(Cl)cc1Cn1nc(-c2cc(Cl)cc(Cl)c2)oc1=O. The van der Waals surface area contributed by atoms with Crippen LogP contribution in [0.25, 0.3) is 11.5 Å². The van der Waals surface area contributed by atoms with E-state index in [-0.39, 0.29) is 12.4 Å². The molecule has 0 aliphatic rings. The molecule has 0 N–H and O–H groups in total. The summed E-state index contributed by atoms with van der Waals surface area (Å²) < 4.78 is 11.6. The largest absolute Gasteiger partial charge is 0.496 e. The molecular formula is C16H11Cl3N2O3. The molecule has 0 saturated carbocycles. The molecular weight excluding hydrogens is 375 g/mol. The molecule has 0 amide bonds. The number of aromatic nitrogens is 2. The van der Waals surface area contributed by atoms with Crippen LogP contribution in [0.4, 0.5) is 0 Å². The standard InChI is InChI=1S/C16H11Cl3N2O3/c1-23-14-3-2-11(17)6-10(14)8-21-16(22)24-15(20-21)9-4-12(18)7-13(19)5-9/h2-7H,8H2,1H3. The van der Waals surface area contributed by atoms with Gasteiger partial charge in [-0.1, -0.05) is 34.8 Å². The third-order valence-electron chi connectivity index (χ3n) is 3.28. The lowest BCUT2D eigenvalue weighted by Crippen LogP contribution is -2.17. The Morgan fingerprint density at radius 3 is 2.46 bits per heavy atom. The van der Waals surface area contributed by atoms with Gasteiger partial charge in [-0.05, 0) is 36.4 Å². The van der Waals surface area contributed by atoms with Gasteiger partial charge in [-0.25, -0.2) is 4.79 Å². The van der Waals surface area contributed by atoms with E-state index in [1.54, 1.807) is 36.4 Å². The molecule has 3 rings (SSSR count). The Kier molecular flexibility index (Phi) is 4.85. The summed E-state index contributed by atoms with van der Waals surface area (Å²) in [5, 5.41) is 5.56. The van der Waals surface area contributed by atoms with Gasteiger partial charge in [0.05, 0.1) is 13.7 Å². The molecule has 5 nitrogen and oxygen atoms in total. The molecule has 0 radical (unpaired) electrons. The number of benzene rings is 2. The van der Waals surface area contributed by atoms with Gasteiger partial charge in [-0.2, -0.15) is 4.68 Å². The monoisotopic (exact) mass is 384 g/mol. The zero-order valence-electron chi connectivity index (χ0n) is 12.4. The first-order valence-electron chi connectivity index (χ1n) is 6.83. The lowest BCUT2D eigenvalue weighted by Gasteiger charge is -2.07. The maximum absolute atomic E-state index is 12.1. The number of halogens is 3. The predicted molar refractivity (Wildman–Crippen MR) is 93.3 cm³/mol. The molecule has 0 fully saturated rings. The maximum atomic E-state index is 12.1. The van der Waals surface area contributed by atoms with E-state index in [4.69, 9.17) is 44.0 Å². The Labute approximate surface area is 152 Å². The summed E-state index contributed by atoms with van der Waals surface area (Å²) in [6, 6.07) is 9.94. The van der Waals surface area contributed by atoms with Crippen LogP contribution >= 0.6 is 34.8 Å². The van der Waals surface area contributed by atoms with E-state index in [9.17, 15) is 4.79 Å². The van der Waals surface area contributed by atoms with Crippen molar-refractivity contribution in [3.05, 3.63) is 67.6 Å². The van der Waals surface area contributed by atoms with Gasteiger partial charge in [0.15, 0.2) is 0 Å². The van der Waals surface area contributed by atoms with Gasteiger partial charge in [0.1, 0.15) is 5.75 Å². The first-order chi connectivity index (χ1) is 11.5. The summed E-state index contributed by atoms with van der Waals surface area (Å²) in [6.45, 7) is 0.153. The number of nitrogens with zero attached hydrogens (tertiary/aromatic N) is 2. The smallest absolute Gasteiger partial charge is 0.437 e. The van der Waals surface area contributed by atoms with E-state index in [1.807, 2.05) is 0 Å². The van der Waals surface area contributed by atoms with Crippen molar-refractivity contribution < 1.29 is 9.15 Å². The van der Waals surface area contributed by atoms with Crippen LogP contribution in [-0.2, 0) is 6.54 Å². The van der Waals surface area contributed by atoms with E-state index in [0.717, 1.165) is 0 Å². The molecule has 8 heteroatoms. The van der Waals surface area contributed by atoms with E-state index >= 15 is 0 Å². The Morgan fingerprint density at radius 2 is 1.79 bits per heavy atom. The highest BCUT2D eigenvalue weighted by molar-refractivity contribution is 6.35. The number of hydrogen-bond donors (Lipinski definition) is 0. The molecule has 3 aromatic rings. The van der Waals surface area contributed by atoms with Gasteiger partial charge in [0.25, 0.3) is 0 Å². The normalized spacial score (nSPS) is 10.8. The lowest BCUT2D eigenvalue weighted by molar-refractivity contribution is 0.405. The van der Waals surface area contributed by atoms with Crippen molar-refractivity contribution >= 4 is 34.8 Å². The van der Waals surface area contributed by atoms with Crippen molar-refractivity contribution in [2.75, 3.05) is 7.11 Å². The zero-order valence-corrected chi connectivity index (χ0v) is 14.7. The molecule has 124 valence electrons. The average Bonchev–Trinajstić information content (AvgIpc) is 2.88. The number of ether oxygens (including phenoxy) is 1. The van der Waals surface area contributed by atoms with Crippen LogP contribution < -0.4 is 10.5 Å². The van der Waals surface area contributed by atoms with Crippen LogP contribution in [0.1, 0.15) is 5.56 Å². The van der Waals surface area contributed by atoms with Crippen molar-refractivity contribution in [1.29, 1.82) is 0 Å². The van der Waals surface area contributed by atoms with Crippen LogP contribution in [0.2, 0.25) is 15.1 Å². The summed E-state index contributed by atoms with van der Waals surface area (Å²) >= 11 is 17.9. The minimum atomic E-state index is -0.608. The molecule has 0 saturated heterocycles. The van der Waals surface area contributed by atoms with Crippen molar-refractivity contribution in [1.82, 2.24) is 9.78 Å². The third-order valence-corrected chi connectivity index (χ3v) is 3.95. The number of rotatable bonds is 4. The third kappa shape index (κ3) is 3.59. The van der Waals surface area contributed by atoms with Gasteiger partial charge < -0.3 is 9.15 Å². The molecule has 0 unspecified atom stereocenters. The van der Waals surface area contributed by atoms with E-state index in [1.165, 1.54) is 11.8 Å². The maximum Gasteiger partial charge on any atom is 0.437 e. The quantitative estimate of drug-likeness (QED) is 0.662. The molecule has 1 aromatic heterocycles. The van der Waals surface area contributed by atoms with Crippen LogP contribution in [0.5, 0.6) is 5.75 Å².